The van der Waals surface area contributed by atoms with Crippen molar-refractivity contribution < 1.29 is 0 Å². The largest absolute Gasteiger partial charge is 0.316 e. The summed E-state index contributed by atoms with van der Waals surface area (Å²) < 4.78 is 0. The highest BCUT2D eigenvalue weighted by atomic mass is 14.9. The molecule has 0 spiro atoms. The standard InChI is InChI=1S/C14H28N2/c1-12(13(2,3)4)10-16-11-14(5,6)8-7-9-15/h12,16H,7-8,10-11H2,1-6H3. The van der Waals surface area contributed by atoms with E-state index in [1.807, 2.05) is 0 Å². The van der Waals surface area contributed by atoms with Gasteiger partial charge in [-0.05, 0) is 29.7 Å². The first-order chi connectivity index (χ1) is 7.19. The van der Waals surface area contributed by atoms with Crippen LogP contribution in [-0.2, 0) is 0 Å². The van der Waals surface area contributed by atoms with Crippen molar-refractivity contribution in [1.82, 2.24) is 5.32 Å². The normalized spacial score (nSPS) is 14.6. The Labute approximate surface area is 101 Å². The summed E-state index contributed by atoms with van der Waals surface area (Å²) in [5, 5.41) is 12.1. The van der Waals surface area contributed by atoms with Gasteiger partial charge in [0.05, 0.1) is 6.07 Å². The summed E-state index contributed by atoms with van der Waals surface area (Å²) in [5.41, 5.74) is 0.594. The van der Waals surface area contributed by atoms with Crippen molar-refractivity contribution in [3.8, 4) is 6.07 Å². The highest BCUT2D eigenvalue weighted by molar-refractivity contribution is 4.80. The zero-order valence-electron chi connectivity index (χ0n) is 11.9. The Hall–Kier alpha value is -0.550. The Morgan fingerprint density at radius 1 is 1.19 bits per heavy atom. The first-order valence-corrected chi connectivity index (χ1v) is 6.27. The molecule has 0 saturated heterocycles. The number of rotatable bonds is 6. The van der Waals surface area contributed by atoms with Gasteiger partial charge in [0.2, 0.25) is 0 Å². The van der Waals surface area contributed by atoms with Crippen molar-refractivity contribution in [2.24, 2.45) is 16.7 Å². The average molecular weight is 224 g/mol. The number of hydrogen-bond donors (Lipinski definition) is 1. The lowest BCUT2D eigenvalue weighted by Crippen LogP contribution is -2.35. The van der Waals surface area contributed by atoms with Gasteiger partial charge in [-0.15, -0.1) is 0 Å². The maximum absolute atomic E-state index is 8.58. The summed E-state index contributed by atoms with van der Waals surface area (Å²) in [6, 6.07) is 2.22. The third-order valence-corrected chi connectivity index (χ3v) is 3.45. The first kappa shape index (κ1) is 15.4. The second kappa shape index (κ2) is 6.25. The molecule has 1 unspecified atom stereocenters. The Morgan fingerprint density at radius 3 is 2.19 bits per heavy atom. The van der Waals surface area contributed by atoms with Crippen LogP contribution in [0.1, 0.15) is 54.4 Å². The molecule has 2 nitrogen and oxygen atoms in total. The van der Waals surface area contributed by atoms with E-state index in [1.54, 1.807) is 0 Å². The summed E-state index contributed by atoms with van der Waals surface area (Å²) in [7, 11) is 0. The van der Waals surface area contributed by atoms with Gasteiger partial charge in [0.25, 0.3) is 0 Å². The maximum Gasteiger partial charge on any atom is 0.0621 e. The minimum absolute atomic E-state index is 0.229. The number of nitrogens with zero attached hydrogens (tertiary/aromatic N) is 1. The molecule has 0 aliphatic heterocycles. The third-order valence-electron chi connectivity index (χ3n) is 3.45. The highest BCUT2D eigenvalue weighted by Crippen LogP contribution is 2.25. The summed E-state index contributed by atoms with van der Waals surface area (Å²) in [4.78, 5) is 0. The fourth-order valence-corrected chi connectivity index (χ4v) is 1.42. The zero-order chi connectivity index (χ0) is 12.8. The van der Waals surface area contributed by atoms with E-state index in [0.29, 0.717) is 17.8 Å². The molecule has 0 saturated carbocycles. The van der Waals surface area contributed by atoms with E-state index >= 15 is 0 Å². The molecule has 1 N–H and O–H groups in total. The van der Waals surface area contributed by atoms with E-state index in [9.17, 15) is 0 Å². The topological polar surface area (TPSA) is 35.8 Å². The molecular formula is C14H28N2. The average Bonchev–Trinajstić information content (AvgIpc) is 2.13. The molecule has 0 aliphatic rings. The van der Waals surface area contributed by atoms with Crippen LogP contribution in [0.4, 0.5) is 0 Å². The Bertz CT molecular complexity index is 230. The van der Waals surface area contributed by atoms with Crippen molar-refractivity contribution in [1.29, 1.82) is 5.26 Å². The second-order valence-corrected chi connectivity index (χ2v) is 6.72. The lowest BCUT2D eigenvalue weighted by atomic mass is 9.81. The van der Waals surface area contributed by atoms with E-state index in [4.69, 9.17) is 5.26 Å². The fraction of sp³-hybridized carbons (Fsp3) is 0.929. The van der Waals surface area contributed by atoms with Crippen LogP contribution in [0.25, 0.3) is 0 Å². The summed E-state index contributed by atoms with van der Waals surface area (Å²) in [5.74, 6) is 0.666. The predicted molar refractivity (Wildman–Crippen MR) is 70.1 cm³/mol. The number of nitrogens with one attached hydrogen (secondary N) is 1. The van der Waals surface area contributed by atoms with Gasteiger partial charge in [-0.3, -0.25) is 0 Å². The Balaban J connectivity index is 3.85. The van der Waals surface area contributed by atoms with Crippen LogP contribution in [0.2, 0.25) is 0 Å². The van der Waals surface area contributed by atoms with Gasteiger partial charge in [-0.1, -0.05) is 41.5 Å². The van der Waals surface area contributed by atoms with E-state index in [1.165, 1.54) is 0 Å². The Kier molecular flexibility index (Phi) is 6.04. The molecule has 94 valence electrons. The van der Waals surface area contributed by atoms with Crippen LogP contribution in [0.5, 0.6) is 0 Å². The first-order valence-electron chi connectivity index (χ1n) is 6.27. The van der Waals surface area contributed by atoms with Crippen LogP contribution in [0.3, 0.4) is 0 Å². The SMILES string of the molecule is CC(CNCC(C)(C)CCC#N)C(C)(C)C. The molecular weight excluding hydrogens is 196 g/mol. The molecule has 0 fully saturated rings. The molecule has 0 radical (unpaired) electrons. The molecule has 0 aliphatic carbocycles. The van der Waals surface area contributed by atoms with Gasteiger partial charge in [-0.2, -0.15) is 5.26 Å². The van der Waals surface area contributed by atoms with Crippen LogP contribution in [0, 0.1) is 28.1 Å². The predicted octanol–water partition coefficient (Wildman–Crippen LogP) is 3.59. The van der Waals surface area contributed by atoms with Gasteiger partial charge in [0.1, 0.15) is 0 Å². The van der Waals surface area contributed by atoms with Gasteiger partial charge in [0.15, 0.2) is 0 Å². The van der Waals surface area contributed by atoms with E-state index in [0.717, 1.165) is 19.5 Å². The summed E-state index contributed by atoms with van der Waals surface area (Å²) >= 11 is 0. The van der Waals surface area contributed by atoms with Crippen LogP contribution in [-0.4, -0.2) is 13.1 Å². The van der Waals surface area contributed by atoms with Crippen molar-refractivity contribution in [3.05, 3.63) is 0 Å². The minimum atomic E-state index is 0.229. The van der Waals surface area contributed by atoms with Crippen molar-refractivity contribution in [2.75, 3.05) is 13.1 Å². The monoisotopic (exact) mass is 224 g/mol. The summed E-state index contributed by atoms with van der Waals surface area (Å²) in [6.07, 6.45) is 1.63. The van der Waals surface area contributed by atoms with E-state index < -0.39 is 0 Å². The van der Waals surface area contributed by atoms with Gasteiger partial charge in [-0.25, -0.2) is 0 Å². The third kappa shape index (κ3) is 6.85. The molecule has 0 bridgehead atoms. The smallest absolute Gasteiger partial charge is 0.0621 e. The van der Waals surface area contributed by atoms with Crippen LogP contribution < -0.4 is 5.32 Å². The molecule has 0 rings (SSSR count). The molecule has 0 aromatic rings. The van der Waals surface area contributed by atoms with E-state index in [2.05, 4.69) is 52.9 Å². The van der Waals surface area contributed by atoms with Crippen LogP contribution in [0.15, 0.2) is 0 Å². The Morgan fingerprint density at radius 2 is 1.75 bits per heavy atom. The van der Waals surface area contributed by atoms with Crippen molar-refractivity contribution >= 4 is 0 Å². The summed E-state index contributed by atoms with van der Waals surface area (Å²) in [6.45, 7) is 15.6. The molecule has 0 amide bonds. The molecule has 1 atom stereocenters. The molecule has 0 aromatic carbocycles. The highest BCUT2D eigenvalue weighted by Gasteiger charge is 2.21. The van der Waals surface area contributed by atoms with Crippen molar-refractivity contribution in [2.45, 2.75) is 54.4 Å². The molecule has 16 heavy (non-hydrogen) atoms. The molecule has 0 heterocycles. The van der Waals surface area contributed by atoms with E-state index in [-0.39, 0.29) is 5.41 Å². The molecule has 0 aromatic heterocycles. The minimum Gasteiger partial charge on any atom is -0.316 e. The lowest BCUT2D eigenvalue weighted by molar-refractivity contribution is 0.234. The molecule has 2 heteroatoms. The van der Waals surface area contributed by atoms with Gasteiger partial charge >= 0.3 is 0 Å². The zero-order valence-corrected chi connectivity index (χ0v) is 11.9. The maximum atomic E-state index is 8.58. The van der Waals surface area contributed by atoms with Gasteiger partial charge < -0.3 is 5.32 Å². The quantitative estimate of drug-likeness (QED) is 0.748. The van der Waals surface area contributed by atoms with Gasteiger partial charge in [0, 0.05) is 13.0 Å². The van der Waals surface area contributed by atoms with Crippen LogP contribution >= 0.6 is 0 Å². The number of nitriles is 1. The van der Waals surface area contributed by atoms with Crippen molar-refractivity contribution in [3.63, 3.8) is 0 Å². The lowest BCUT2D eigenvalue weighted by Gasteiger charge is -2.30. The second-order valence-electron chi connectivity index (χ2n) is 6.72. The number of hydrogen-bond acceptors (Lipinski definition) is 2. The fourth-order valence-electron chi connectivity index (χ4n) is 1.42.